The number of hydrogen-bond acceptors (Lipinski definition) is 5. The molecule has 0 atom stereocenters. The molecule has 2 fully saturated rings. The Morgan fingerprint density at radius 2 is 1.61 bits per heavy atom. The first-order valence-corrected chi connectivity index (χ1v) is 13.0. The predicted molar refractivity (Wildman–Crippen MR) is 143 cm³/mol. The first-order valence-electron chi connectivity index (χ1n) is 13.0. The molecule has 0 spiro atoms. The molecular formula is C30H30N6. The molecule has 7 rings (SSSR count). The summed E-state index contributed by atoms with van der Waals surface area (Å²) in [7, 11) is 0. The van der Waals surface area contributed by atoms with Gasteiger partial charge in [0.05, 0.1) is 17.8 Å². The standard InChI is InChI=1S/C30H30N6/c31-30(14-6-15-30)23-11-9-22(10-12-23)28-24(21-7-2-1-3-8-21)19-25-26(32-28)13-18-36-27(33-34-29(25)36)20-35-16-4-5-17-35/h1-3,7-13,18-19H,4-6,14-17,20,31H2. The van der Waals surface area contributed by atoms with Crippen LogP contribution in [0.2, 0.25) is 0 Å². The maximum absolute atomic E-state index is 6.58. The fourth-order valence-corrected chi connectivity index (χ4v) is 5.76. The summed E-state index contributed by atoms with van der Waals surface area (Å²) in [5, 5.41) is 10.2. The number of rotatable bonds is 5. The zero-order chi connectivity index (χ0) is 24.1. The van der Waals surface area contributed by atoms with Crippen LogP contribution in [0.3, 0.4) is 0 Å². The molecule has 6 heteroatoms. The van der Waals surface area contributed by atoms with Gasteiger partial charge in [-0.05, 0) is 68.5 Å². The van der Waals surface area contributed by atoms with Crippen molar-refractivity contribution in [3.63, 3.8) is 0 Å². The van der Waals surface area contributed by atoms with E-state index in [2.05, 4.69) is 86.4 Å². The molecule has 2 N–H and O–H groups in total. The smallest absolute Gasteiger partial charge is 0.170 e. The van der Waals surface area contributed by atoms with Crippen molar-refractivity contribution in [2.75, 3.05) is 13.1 Å². The summed E-state index contributed by atoms with van der Waals surface area (Å²) >= 11 is 0. The Morgan fingerprint density at radius 3 is 2.33 bits per heavy atom. The minimum absolute atomic E-state index is 0.163. The quantitative estimate of drug-likeness (QED) is 0.362. The van der Waals surface area contributed by atoms with Crippen LogP contribution in [0.5, 0.6) is 0 Å². The van der Waals surface area contributed by atoms with Crippen LogP contribution in [-0.4, -0.2) is 37.6 Å². The molecule has 3 aromatic heterocycles. The average Bonchev–Trinajstić information content (AvgIpc) is 3.58. The van der Waals surface area contributed by atoms with Crippen molar-refractivity contribution in [3.05, 3.63) is 84.3 Å². The van der Waals surface area contributed by atoms with E-state index in [1.165, 1.54) is 24.8 Å². The van der Waals surface area contributed by atoms with E-state index in [4.69, 9.17) is 10.7 Å². The van der Waals surface area contributed by atoms with E-state index < -0.39 is 0 Å². The zero-order valence-electron chi connectivity index (χ0n) is 20.4. The van der Waals surface area contributed by atoms with Crippen molar-refractivity contribution in [2.24, 2.45) is 5.73 Å². The van der Waals surface area contributed by atoms with Crippen LogP contribution in [0.4, 0.5) is 0 Å². The first-order chi connectivity index (χ1) is 17.7. The summed E-state index contributed by atoms with van der Waals surface area (Å²) in [6.07, 6.45) is 7.92. The Kier molecular flexibility index (Phi) is 5.11. The molecule has 6 nitrogen and oxygen atoms in total. The highest BCUT2D eigenvalue weighted by Gasteiger charge is 2.34. The summed E-state index contributed by atoms with van der Waals surface area (Å²) in [4.78, 5) is 7.64. The number of fused-ring (bicyclic) bond motifs is 3. The van der Waals surface area contributed by atoms with Crippen LogP contribution in [-0.2, 0) is 12.1 Å². The number of nitrogens with two attached hydrogens (primary N) is 1. The fraction of sp³-hybridized carbons (Fsp3) is 0.300. The fourth-order valence-electron chi connectivity index (χ4n) is 5.76. The van der Waals surface area contributed by atoms with E-state index in [-0.39, 0.29) is 5.54 Å². The second-order valence-electron chi connectivity index (χ2n) is 10.4. The topological polar surface area (TPSA) is 72.3 Å². The molecule has 0 radical (unpaired) electrons. The second kappa shape index (κ2) is 8.50. The lowest BCUT2D eigenvalue weighted by Gasteiger charge is -2.38. The average molecular weight is 475 g/mol. The van der Waals surface area contributed by atoms with E-state index in [1.54, 1.807) is 0 Å². The van der Waals surface area contributed by atoms with Gasteiger partial charge in [0.1, 0.15) is 0 Å². The highest BCUT2D eigenvalue weighted by atomic mass is 15.3. The number of benzene rings is 2. The molecule has 0 amide bonds. The maximum Gasteiger partial charge on any atom is 0.170 e. The van der Waals surface area contributed by atoms with Gasteiger partial charge in [-0.25, -0.2) is 4.98 Å². The summed E-state index contributed by atoms with van der Waals surface area (Å²) in [6.45, 7) is 3.10. The van der Waals surface area contributed by atoms with Gasteiger partial charge in [0.25, 0.3) is 0 Å². The molecule has 5 aromatic rings. The molecule has 0 unspecified atom stereocenters. The van der Waals surface area contributed by atoms with Gasteiger partial charge in [-0.15, -0.1) is 10.2 Å². The number of nitrogens with zero attached hydrogens (tertiary/aromatic N) is 5. The number of hydrogen-bond donors (Lipinski definition) is 1. The third kappa shape index (κ3) is 3.60. The number of aromatic nitrogens is 4. The van der Waals surface area contributed by atoms with Crippen molar-refractivity contribution >= 4 is 16.6 Å². The SMILES string of the molecule is NC1(c2ccc(-c3nc4ccn5c(CN6CCCC6)nnc5c4cc3-c3ccccc3)cc2)CCC1. The van der Waals surface area contributed by atoms with Crippen LogP contribution in [0.15, 0.2) is 72.9 Å². The van der Waals surface area contributed by atoms with Crippen LogP contribution in [0.1, 0.15) is 43.5 Å². The normalized spacial score (nSPS) is 17.6. The first kappa shape index (κ1) is 21.7. The minimum Gasteiger partial charge on any atom is -0.321 e. The molecule has 1 aliphatic carbocycles. The minimum atomic E-state index is -0.163. The van der Waals surface area contributed by atoms with E-state index in [0.29, 0.717) is 0 Å². The van der Waals surface area contributed by atoms with Crippen LogP contribution in [0, 0.1) is 0 Å². The Balaban J connectivity index is 1.37. The lowest BCUT2D eigenvalue weighted by Crippen LogP contribution is -2.43. The van der Waals surface area contributed by atoms with Gasteiger partial charge in [-0.3, -0.25) is 9.30 Å². The maximum atomic E-state index is 6.58. The van der Waals surface area contributed by atoms with Gasteiger partial charge in [0.15, 0.2) is 11.5 Å². The van der Waals surface area contributed by atoms with Gasteiger partial charge in [-0.2, -0.15) is 0 Å². The molecule has 180 valence electrons. The summed E-state index contributed by atoms with van der Waals surface area (Å²) < 4.78 is 2.13. The van der Waals surface area contributed by atoms with E-state index in [1.807, 2.05) is 6.07 Å². The van der Waals surface area contributed by atoms with Crippen molar-refractivity contribution in [1.82, 2.24) is 24.5 Å². The van der Waals surface area contributed by atoms with E-state index in [0.717, 1.165) is 77.2 Å². The van der Waals surface area contributed by atoms with Gasteiger partial charge in [0.2, 0.25) is 0 Å². The van der Waals surface area contributed by atoms with Crippen LogP contribution < -0.4 is 5.73 Å². The third-order valence-electron chi connectivity index (χ3n) is 8.07. The molecule has 2 aliphatic rings. The summed E-state index contributed by atoms with van der Waals surface area (Å²) in [5.74, 6) is 0.987. The Labute approximate surface area is 210 Å². The summed E-state index contributed by atoms with van der Waals surface area (Å²) in [5.41, 5.74) is 13.7. The van der Waals surface area contributed by atoms with Gasteiger partial charge >= 0.3 is 0 Å². The highest BCUT2D eigenvalue weighted by molar-refractivity contribution is 5.98. The Hall–Kier alpha value is -3.61. The molecule has 0 bridgehead atoms. The molecule has 4 heterocycles. The summed E-state index contributed by atoms with van der Waals surface area (Å²) in [6, 6.07) is 23.5. The van der Waals surface area contributed by atoms with E-state index >= 15 is 0 Å². The Morgan fingerprint density at radius 1 is 0.833 bits per heavy atom. The van der Waals surface area contributed by atoms with Crippen molar-refractivity contribution in [2.45, 2.75) is 44.2 Å². The van der Waals surface area contributed by atoms with E-state index in [9.17, 15) is 0 Å². The Bertz CT molecular complexity index is 1540. The molecule has 1 saturated heterocycles. The monoisotopic (exact) mass is 474 g/mol. The third-order valence-corrected chi connectivity index (χ3v) is 8.07. The van der Waals surface area contributed by atoms with Gasteiger partial charge in [0, 0.05) is 28.2 Å². The number of pyridine rings is 2. The van der Waals surface area contributed by atoms with Gasteiger partial charge < -0.3 is 5.73 Å². The number of likely N-dealkylation sites (tertiary alicyclic amines) is 1. The van der Waals surface area contributed by atoms with Gasteiger partial charge in [-0.1, -0.05) is 54.6 Å². The highest BCUT2D eigenvalue weighted by Crippen LogP contribution is 2.40. The largest absolute Gasteiger partial charge is 0.321 e. The molecule has 2 aromatic carbocycles. The van der Waals surface area contributed by atoms with Crippen LogP contribution in [0.25, 0.3) is 38.9 Å². The van der Waals surface area contributed by atoms with Crippen molar-refractivity contribution in [3.8, 4) is 22.4 Å². The lowest BCUT2D eigenvalue weighted by molar-refractivity contribution is 0.253. The van der Waals surface area contributed by atoms with Crippen molar-refractivity contribution < 1.29 is 0 Å². The molecule has 1 aliphatic heterocycles. The predicted octanol–water partition coefficient (Wildman–Crippen LogP) is 5.55. The molecular weight excluding hydrogens is 444 g/mol. The zero-order valence-corrected chi connectivity index (χ0v) is 20.4. The molecule has 36 heavy (non-hydrogen) atoms. The van der Waals surface area contributed by atoms with Crippen LogP contribution >= 0.6 is 0 Å². The lowest BCUT2D eigenvalue weighted by atomic mass is 9.72. The molecule has 1 saturated carbocycles. The second-order valence-corrected chi connectivity index (χ2v) is 10.4. The van der Waals surface area contributed by atoms with Crippen molar-refractivity contribution in [1.29, 1.82) is 0 Å².